The molecule has 1 N–H and O–H groups in total. The second-order valence-electron chi connectivity index (χ2n) is 6.28. The fraction of sp³-hybridized carbons (Fsp3) is 0.174. The smallest absolute Gasteiger partial charge is 0.252 e. The summed E-state index contributed by atoms with van der Waals surface area (Å²) in [6.07, 6.45) is 0. The Labute approximate surface area is 165 Å². The molecule has 138 valence electrons. The number of amides is 1. The second-order valence-corrected chi connectivity index (χ2v) is 7.30. The molecular weight excluding hydrogens is 352 g/mol. The van der Waals surface area contributed by atoms with Crippen LogP contribution in [-0.4, -0.2) is 26.0 Å². The number of benzene rings is 3. The first-order chi connectivity index (χ1) is 13.2. The highest BCUT2D eigenvalue weighted by Gasteiger charge is 2.11. The zero-order valence-electron chi connectivity index (χ0n) is 15.5. The fourth-order valence-electron chi connectivity index (χ4n) is 2.76. The van der Waals surface area contributed by atoms with Crippen LogP contribution in [0.5, 0.6) is 0 Å². The van der Waals surface area contributed by atoms with Gasteiger partial charge in [-0.2, -0.15) is 0 Å². The van der Waals surface area contributed by atoms with Crippen molar-refractivity contribution in [1.29, 1.82) is 0 Å². The third-order valence-corrected chi connectivity index (χ3v) is 5.44. The molecule has 3 aromatic rings. The minimum atomic E-state index is -0.0207. The van der Waals surface area contributed by atoms with Crippen LogP contribution in [0.3, 0.4) is 0 Å². The van der Waals surface area contributed by atoms with Crippen LogP contribution < -0.4 is 10.2 Å². The Balaban J connectivity index is 1.55. The van der Waals surface area contributed by atoms with Gasteiger partial charge in [-0.3, -0.25) is 4.79 Å². The molecule has 27 heavy (non-hydrogen) atoms. The molecule has 3 rings (SSSR count). The van der Waals surface area contributed by atoms with Crippen molar-refractivity contribution in [3.8, 4) is 0 Å². The van der Waals surface area contributed by atoms with E-state index in [1.54, 1.807) is 11.8 Å². The van der Waals surface area contributed by atoms with Crippen LogP contribution in [0.1, 0.15) is 15.9 Å². The Morgan fingerprint density at radius 3 is 2.26 bits per heavy atom. The van der Waals surface area contributed by atoms with Gasteiger partial charge in [0.25, 0.3) is 5.91 Å². The van der Waals surface area contributed by atoms with Crippen LogP contribution in [0.4, 0.5) is 5.69 Å². The van der Waals surface area contributed by atoms with Gasteiger partial charge in [0.05, 0.1) is 5.56 Å². The summed E-state index contributed by atoms with van der Waals surface area (Å²) >= 11 is 1.69. The van der Waals surface area contributed by atoms with Crippen molar-refractivity contribution >= 4 is 23.4 Å². The summed E-state index contributed by atoms with van der Waals surface area (Å²) in [6.45, 7) is 1.36. The molecule has 0 saturated heterocycles. The average molecular weight is 377 g/mol. The average Bonchev–Trinajstić information content (AvgIpc) is 2.73. The summed E-state index contributed by atoms with van der Waals surface area (Å²) in [4.78, 5) is 15.8. The molecule has 0 aromatic heterocycles. The van der Waals surface area contributed by atoms with Crippen molar-refractivity contribution in [3.63, 3.8) is 0 Å². The van der Waals surface area contributed by atoms with Crippen molar-refractivity contribution < 1.29 is 4.79 Å². The molecule has 3 aromatic carbocycles. The van der Waals surface area contributed by atoms with Gasteiger partial charge in [-0.1, -0.05) is 60.7 Å². The van der Waals surface area contributed by atoms with Gasteiger partial charge in [-0.15, -0.1) is 11.8 Å². The van der Waals surface area contributed by atoms with E-state index >= 15 is 0 Å². The minimum absolute atomic E-state index is 0.0207. The molecule has 0 fully saturated rings. The highest BCUT2D eigenvalue weighted by molar-refractivity contribution is 7.98. The Morgan fingerprint density at radius 2 is 1.52 bits per heavy atom. The molecule has 3 nitrogen and oxygen atoms in total. The summed E-state index contributed by atoms with van der Waals surface area (Å²) in [5.41, 5.74) is 3.13. The van der Waals surface area contributed by atoms with E-state index in [1.807, 2.05) is 67.7 Å². The van der Waals surface area contributed by atoms with Gasteiger partial charge in [0.1, 0.15) is 0 Å². The molecule has 0 spiro atoms. The molecule has 0 aliphatic heterocycles. The second kappa shape index (κ2) is 9.83. The number of carbonyl (C=O) groups is 1. The molecule has 1 amide bonds. The van der Waals surface area contributed by atoms with Gasteiger partial charge in [0, 0.05) is 36.5 Å². The lowest BCUT2D eigenvalue weighted by molar-refractivity contribution is 0.0952. The lowest BCUT2D eigenvalue weighted by atomic mass is 10.2. The molecule has 4 heteroatoms. The quantitative estimate of drug-likeness (QED) is 0.571. The van der Waals surface area contributed by atoms with Gasteiger partial charge >= 0.3 is 0 Å². The third-order valence-electron chi connectivity index (χ3n) is 4.30. The van der Waals surface area contributed by atoms with Gasteiger partial charge in [0.15, 0.2) is 0 Å². The number of thioether (sulfide) groups is 1. The van der Waals surface area contributed by atoms with Crippen molar-refractivity contribution in [2.24, 2.45) is 0 Å². The Morgan fingerprint density at radius 1 is 0.889 bits per heavy atom. The third kappa shape index (κ3) is 5.63. The van der Waals surface area contributed by atoms with Gasteiger partial charge in [-0.05, 0) is 29.8 Å². The first kappa shape index (κ1) is 19.1. The maximum atomic E-state index is 12.7. The van der Waals surface area contributed by atoms with Crippen LogP contribution in [-0.2, 0) is 5.75 Å². The van der Waals surface area contributed by atoms with Crippen molar-refractivity contribution in [1.82, 2.24) is 5.32 Å². The van der Waals surface area contributed by atoms with E-state index in [9.17, 15) is 4.79 Å². The number of nitrogens with one attached hydrogen (secondary N) is 1. The van der Waals surface area contributed by atoms with Crippen molar-refractivity contribution in [3.05, 3.63) is 96.1 Å². The van der Waals surface area contributed by atoms with Crippen LogP contribution in [0.15, 0.2) is 89.8 Å². The minimum Gasteiger partial charge on any atom is -0.373 e. The van der Waals surface area contributed by atoms with Gasteiger partial charge in [-0.25, -0.2) is 0 Å². The molecular formula is C23H24N2OS. The maximum absolute atomic E-state index is 12.7. The molecule has 0 bridgehead atoms. The van der Waals surface area contributed by atoms with Crippen LogP contribution in [0, 0.1) is 0 Å². The van der Waals surface area contributed by atoms with E-state index in [-0.39, 0.29) is 5.91 Å². The Hall–Kier alpha value is -2.72. The van der Waals surface area contributed by atoms with Gasteiger partial charge < -0.3 is 10.2 Å². The largest absolute Gasteiger partial charge is 0.373 e. The van der Waals surface area contributed by atoms with E-state index in [0.29, 0.717) is 6.54 Å². The molecule has 0 saturated carbocycles. The van der Waals surface area contributed by atoms with Crippen LogP contribution in [0.25, 0.3) is 0 Å². The standard InChI is InChI=1S/C23H24N2OS/c1-25(20-12-6-3-7-13-20)17-16-24-23(26)21-14-8-9-15-22(21)27-18-19-10-4-2-5-11-19/h2-15H,16-18H2,1H3,(H,24,26). The van der Waals surface area contributed by atoms with Crippen molar-refractivity contribution in [2.75, 3.05) is 25.0 Å². The van der Waals surface area contributed by atoms with E-state index in [2.05, 4.69) is 34.5 Å². The number of hydrogen-bond acceptors (Lipinski definition) is 3. The van der Waals surface area contributed by atoms with E-state index < -0.39 is 0 Å². The highest BCUT2D eigenvalue weighted by atomic mass is 32.2. The summed E-state index contributed by atoms with van der Waals surface area (Å²) < 4.78 is 0. The monoisotopic (exact) mass is 376 g/mol. The molecule has 0 radical (unpaired) electrons. The number of anilines is 1. The first-order valence-electron chi connectivity index (χ1n) is 9.04. The summed E-state index contributed by atoms with van der Waals surface area (Å²) in [6, 6.07) is 28.3. The van der Waals surface area contributed by atoms with E-state index in [1.165, 1.54) is 5.56 Å². The number of hydrogen-bond donors (Lipinski definition) is 1. The number of carbonyl (C=O) groups excluding carboxylic acids is 1. The lowest BCUT2D eigenvalue weighted by Crippen LogP contribution is -2.33. The fourth-order valence-corrected chi connectivity index (χ4v) is 3.77. The molecule has 0 atom stereocenters. The van der Waals surface area contributed by atoms with E-state index in [4.69, 9.17) is 0 Å². The molecule has 0 aliphatic carbocycles. The topological polar surface area (TPSA) is 32.3 Å². The number of rotatable bonds is 8. The number of nitrogens with zero attached hydrogens (tertiary/aromatic N) is 1. The maximum Gasteiger partial charge on any atom is 0.252 e. The predicted octanol–water partition coefficient (Wildman–Crippen LogP) is 4.85. The number of likely N-dealkylation sites (N-methyl/N-ethyl adjacent to an activating group) is 1. The Bertz CT molecular complexity index is 853. The van der Waals surface area contributed by atoms with E-state index in [0.717, 1.165) is 28.4 Å². The molecule has 0 heterocycles. The normalized spacial score (nSPS) is 10.4. The number of para-hydroxylation sites is 1. The van der Waals surface area contributed by atoms with Crippen molar-refractivity contribution in [2.45, 2.75) is 10.6 Å². The highest BCUT2D eigenvalue weighted by Crippen LogP contribution is 2.26. The molecule has 0 unspecified atom stereocenters. The summed E-state index contributed by atoms with van der Waals surface area (Å²) in [5, 5.41) is 3.04. The Kier molecular flexibility index (Phi) is 6.94. The SMILES string of the molecule is CN(CCNC(=O)c1ccccc1SCc1ccccc1)c1ccccc1. The van der Waals surface area contributed by atoms with Crippen LogP contribution in [0.2, 0.25) is 0 Å². The first-order valence-corrected chi connectivity index (χ1v) is 10.0. The summed E-state index contributed by atoms with van der Waals surface area (Å²) in [7, 11) is 2.03. The van der Waals surface area contributed by atoms with Crippen LogP contribution >= 0.6 is 11.8 Å². The summed E-state index contributed by atoms with van der Waals surface area (Å²) in [5.74, 6) is 0.828. The predicted molar refractivity (Wildman–Crippen MR) is 114 cm³/mol. The zero-order chi connectivity index (χ0) is 18.9. The zero-order valence-corrected chi connectivity index (χ0v) is 16.3. The molecule has 0 aliphatic rings. The van der Waals surface area contributed by atoms with Gasteiger partial charge in [0.2, 0.25) is 0 Å². The lowest BCUT2D eigenvalue weighted by Gasteiger charge is -2.19.